The van der Waals surface area contributed by atoms with E-state index in [1.54, 1.807) is 0 Å². The molecule has 1 N–H and O–H groups in total. The lowest BCUT2D eigenvalue weighted by atomic mass is 9.89. The molecule has 1 saturated heterocycles. The summed E-state index contributed by atoms with van der Waals surface area (Å²) in [6, 6.07) is 2.02. The van der Waals surface area contributed by atoms with E-state index in [2.05, 4.69) is 4.98 Å². The third kappa shape index (κ3) is 3.07. The number of pyridine rings is 1. The van der Waals surface area contributed by atoms with E-state index < -0.39 is 18.0 Å². The first-order valence-electron chi connectivity index (χ1n) is 6.38. The first-order chi connectivity index (χ1) is 9.34. The Hall–Kier alpha value is -0.850. The Morgan fingerprint density at radius 3 is 2.75 bits per heavy atom. The first-order valence-corrected chi connectivity index (χ1v) is 6.75. The van der Waals surface area contributed by atoms with E-state index in [1.165, 1.54) is 6.07 Å². The lowest BCUT2D eigenvalue weighted by molar-refractivity contribution is -0.141. The molecule has 7 heteroatoms. The minimum atomic E-state index is -4.55. The normalized spacial score (nSPS) is 24.9. The number of halogens is 4. The van der Waals surface area contributed by atoms with Gasteiger partial charge < -0.3 is 9.84 Å². The van der Waals surface area contributed by atoms with Crippen molar-refractivity contribution in [1.29, 1.82) is 0 Å². The van der Waals surface area contributed by atoms with Crippen LogP contribution in [0.25, 0.3) is 0 Å². The maximum absolute atomic E-state index is 12.5. The quantitative estimate of drug-likeness (QED) is 0.867. The number of aromatic nitrogens is 1. The molecule has 1 fully saturated rings. The zero-order valence-electron chi connectivity index (χ0n) is 10.8. The lowest BCUT2D eigenvalue weighted by Crippen LogP contribution is -2.22. The highest BCUT2D eigenvalue weighted by molar-refractivity contribution is 6.30. The summed E-state index contributed by atoms with van der Waals surface area (Å²) in [6.07, 6.45) is -4.24. The van der Waals surface area contributed by atoms with E-state index in [4.69, 9.17) is 16.3 Å². The molecule has 3 unspecified atom stereocenters. The highest BCUT2D eigenvalue weighted by Gasteiger charge is 2.37. The molecule has 0 saturated carbocycles. The molecule has 0 radical (unpaired) electrons. The van der Waals surface area contributed by atoms with E-state index in [9.17, 15) is 18.3 Å². The molecular weight excluding hydrogens is 295 g/mol. The molecule has 2 heterocycles. The Labute approximate surface area is 119 Å². The van der Waals surface area contributed by atoms with Crippen LogP contribution in [-0.4, -0.2) is 22.8 Å². The first kappa shape index (κ1) is 15.5. The summed E-state index contributed by atoms with van der Waals surface area (Å²) < 4.78 is 43.0. The van der Waals surface area contributed by atoms with Gasteiger partial charge in [-0.1, -0.05) is 24.6 Å². The predicted molar refractivity (Wildman–Crippen MR) is 67.3 cm³/mol. The maximum Gasteiger partial charge on any atom is 0.433 e. The van der Waals surface area contributed by atoms with Crippen LogP contribution in [0.5, 0.6) is 0 Å². The van der Waals surface area contributed by atoms with Crippen LogP contribution < -0.4 is 0 Å². The highest BCUT2D eigenvalue weighted by Crippen LogP contribution is 2.38. The number of nitrogens with zero attached hydrogens (tertiary/aromatic N) is 1. The zero-order chi connectivity index (χ0) is 14.9. The Bertz CT molecular complexity index is 481. The van der Waals surface area contributed by atoms with Crippen molar-refractivity contribution < 1.29 is 23.0 Å². The largest absolute Gasteiger partial charge is 0.433 e. The molecule has 0 aliphatic carbocycles. The van der Waals surface area contributed by atoms with Crippen molar-refractivity contribution in [3.05, 3.63) is 28.5 Å². The Balaban J connectivity index is 2.24. The van der Waals surface area contributed by atoms with Gasteiger partial charge in [0.15, 0.2) is 0 Å². The summed E-state index contributed by atoms with van der Waals surface area (Å²) in [7, 11) is 0. The van der Waals surface area contributed by atoms with Gasteiger partial charge in [-0.3, -0.25) is 0 Å². The van der Waals surface area contributed by atoms with Crippen LogP contribution in [-0.2, 0) is 10.9 Å². The monoisotopic (exact) mass is 309 g/mol. The number of aliphatic hydroxyl groups excluding tert-OH is 1. The van der Waals surface area contributed by atoms with Crippen LogP contribution in [0.15, 0.2) is 12.1 Å². The van der Waals surface area contributed by atoms with E-state index in [0.29, 0.717) is 13.0 Å². The Morgan fingerprint density at radius 1 is 1.50 bits per heavy atom. The summed E-state index contributed by atoms with van der Waals surface area (Å²) in [4.78, 5) is 3.33. The average Bonchev–Trinajstić information content (AvgIpc) is 2.85. The summed E-state index contributed by atoms with van der Waals surface area (Å²) in [5.74, 6) is -0.170. The number of rotatable bonds is 3. The molecule has 3 nitrogen and oxygen atoms in total. The molecule has 0 spiro atoms. The molecule has 0 bridgehead atoms. The molecule has 1 aromatic heterocycles. The number of aliphatic hydroxyl groups is 1. The Kier molecular flexibility index (Phi) is 4.56. The van der Waals surface area contributed by atoms with Crippen LogP contribution in [0.4, 0.5) is 13.2 Å². The van der Waals surface area contributed by atoms with Crippen LogP contribution >= 0.6 is 11.6 Å². The van der Waals surface area contributed by atoms with E-state index in [0.717, 1.165) is 12.5 Å². The molecular formula is C13H15ClF3NO2. The van der Waals surface area contributed by atoms with Gasteiger partial charge in [-0.2, -0.15) is 13.2 Å². The van der Waals surface area contributed by atoms with Gasteiger partial charge in [0.1, 0.15) is 10.8 Å². The number of alkyl halides is 3. The minimum Gasteiger partial charge on any atom is -0.388 e. The second kappa shape index (κ2) is 5.87. The van der Waals surface area contributed by atoms with E-state index in [1.807, 2.05) is 6.92 Å². The van der Waals surface area contributed by atoms with Gasteiger partial charge in [0.05, 0.1) is 12.2 Å². The number of ether oxygens (including phenoxy) is 1. The third-order valence-electron chi connectivity index (χ3n) is 3.56. The molecule has 112 valence electrons. The molecule has 2 rings (SSSR count). The van der Waals surface area contributed by atoms with Crippen LogP contribution in [0.1, 0.15) is 37.1 Å². The molecule has 1 aliphatic heterocycles. The summed E-state index contributed by atoms with van der Waals surface area (Å²) in [6.45, 7) is 2.47. The van der Waals surface area contributed by atoms with Crippen molar-refractivity contribution in [2.45, 2.75) is 38.1 Å². The second-order valence-electron chi connectivity index (χ2n) is 4.79. The number of hydrogen-bond donors (Lipinski definition) is 1. The molecule has 20 heavy (non-hydrogen) atoms. The van der Waals surface area contributed by atoms with Crippen LogP contribution in [0, 0.1) is 5.92 Å². The van der Waals surface area contributed by atoms with Gasteiger partial charge in [0.25, 0.3) is 0 Å². The van der Waals surface area contributed by atoms with Crippen molar-refractivity contribution >= 4 is 11.6 Å². The van der Waals surface area contributed by atoms with Crippen molar-refractivity contribution in [3.63, 3.8) is 0 Å². The fourth-order valence-electron chi connectivity index (χ4n) is 2.50. The molecule has 1 aliphatic rings. The Morgan fingerprint density at radius 2 is 2.20 bits per heavy atom. The summed E-state index contributed by atoms with van der Waals surface area (Å²) in [5, 5.41) is 10.00. The standard InChI is InChI=1S/C13H15ClF3NO2/c1-2-9-7(5-6-20-9)11(19)8-3-4-10(13(15,16)17)18-12(8)14/h3-4,7,9,11,19H,2,5-6H2,1H3. The van der Waals surface area contributed by atoms with Crippen molar-refractivity contribution in [3.8, 4) is 0 Å². The average molecular weight is 310 g/mol. The van der Waals surface area contributed by atoms with Crippen LogP contribution in [0.2, 0.25) is 5.15 Å². The van der Waals surface area contributed by atoms with Gasteiger partial charge in [0.2, 0.25) is 0 Å². The van der Waals surface area contributed by atoms with Gasteiger partial charge in [-0.05, 0) is 18.9 Å². The van der Waals surface area contributed by atoms with Crippen LogP contribution in [0.3, 0.4) is 0 Å². The second-order valence-corrected chi connectivity index (χ2v) is 5.15. The van der Waals surface area contributed by atoms with Gasteiger partial charge in [-0.25, -0.2) is 4.98 Å². The van der Waals surface area contributed by atoms with Crippen molar-refractivity contribution in [1.82, 2.24) is 4.98 Å². The van der Waals surface area contributed by atoms with E-state index >= 15 is 0 Å². The number of hydrogen-bond acceptors (Lipinski definition) is 3. The zero-order valence-corrected chi connectivity index (χ0v) is 11.6. The summed E-state index contributed by atoms with van der Waals surface area (Å²) in [5.41, 5.74) is -0.846. The molecule has 3 atom stereocenters. The van der Waals surface area contributed by atoms with Crippen molar-refractivity contribution in [2.24, 2.45) is 5.92 Å². The third-order valence-corrected chi connectivity index (χ3v) is 3.86. The van der Waals surface area contributed by atoms with Crippen molar-refractivity contribution in [2.75, 3.05) is 6.61 Å². The molecule has 0 aromatic carbocycles. The lowest BCUT2D eigenvalue weighted by Gasteiger charge is -2.23. The molecule has 0 amide bonds. The highest BCUT2D eigenvalue weighted by atomic mass is 35.5. The maximum atomic E-state index is 12.5. The van der Waals surface area contributed by atoms with E-state index in [-0.39, 0.29) is 22.7 Å². The topological polar surface area (TPSA) is 42.4 Å². The predicted octanol–water partition coefficient (Wildman–Crippen LogP) is 3.60. The van der Waals surface area contributed by atoms with Gasteiger partial charge >= 0.3 is 6.18 Å². The fraction of sp³-hybridized carbons (Fsp3) is 0.615. The smallest absolute Gasteiger partial charge is 0.388 e. The minimum absolute atomic E-state index is 0.108. The van der Waals surface area contributed by atoms with Gasteiger partial charge in [0, 0.05) is 18.1 Å². The SMILES string of the molecule is CCC1OCCC1C(O)c1ccc(C(F)(F)F)nc1Cl. The van der Waals surface area contributed by atoms with Gasteiger partial charge in [-0.15, -0.1) is 0 Å². The summed E-state index contributed by atoms with van der Waals surface area (Å²) >= 11 is 5.79. The molecule has 1 aromatic rings. The fourth-order valence-corrected chi connectivity index (χ4v) is 2.77.